The summed E-state index contributed by atoms with van der Waals surface area (Å²) in [7, 11) is -3.43. The number of hydrogen-bond acceptors (Lipinski definition) is 4. The highest BCUT2D eigenvalue weighted by atomic mass is 32.2. The Hall–Kier alpha value is -0.950. The lowest BCUT2D eigenvalue weighted by atomic mass is 10.2. The molecule has 0 aromatic heterocycles. The number of hydrogen-bond donors (Lipinski definition) is 2. The van der Waals surface area contributed by atoms with Crippen molar-refractivity contribution < 1.29 is 13.2 Å². The maximum atomic E-state index is 12.2. The molecule has 1 aliphatic heterocycles. The van der Waals surface area contributed by atoms with Crippen molar-refractivity contribution in [2.75, 3.05) is 13.2 Å². The highest BCUT2D eigenvalue weighted by molar-refractivity contribution is 7.89. The fraction of sp³-hybridized carbons (Fsp3) is 0.600. The van der Waals surface area contributed by atoms with E-state index in [2.05, 4.69) is 10.0 Å². The van der Waals surface area contributed by atoms with Gasteiger partial charge in [-0.3, -0.25) is 0 Å². The smallest absolute Gasteiger partial charge is 0.240 e. The van der Waals surface area contributed by atoms with Gasteiger partial charge in [-0.25, -0.2) is 13.1 Å². The molecule has 6 heteroatoms. The maximum Gasteiger partial charge on any atom is 0.240 e. The van der Waals surface area contributed by atoms with Crippen LogP contribution in [-0.4, -0.2) is 33.7 Å². The highest BCUT2D eigenvalue weighted by Gasteiger charge is 2.21. The van der Waals surface area contributed by atoms with Gasteiger partial charge in [0.1, 0.15) is 0 Å². The topological polar surface area (TPSA) is 67.4 Å². The number of rotatable bonds is 7. The normalized spacial score (nSPS) is 22.6. The minimum atomic E-state index is -3.43. The van der Waals surface area contributed by atoms with Crippen LogP contribution in [0.1, 0.15) is 31.2 Å². The van der Waals surface area contributed by atoms with Gasteiger partial charge in [0.05, 0.1) is 11.0 Å². The third kappa shape index (κ3) is 4.26. The van der Waals surface area contributed by atoms with E-state index in [1.807, 2.05) is 12.1 Å². The van der Waals surface area contributed by atoms with Gasteiger partial charge in [-0.15, -0.1) is 0 Å². The second-order valence-electron chi connectivity index (χ2n) is 5.79. The lowest BCUT2D eigenvalue weighted by Gasteiger charge is -2.12. The molecule has 0 bridgehead atoms. The lowest BCUT2D eigenvalue weighted by molar-refractivity contribution is 0.114. The van der Waals surface area contributed by atoms with Gasteiger partial charge in [-0.05, 0) is 43.4 Å². The standard InChI is InChI=1S/C15H22N2O3S/c18-21(19,17-11-14-2-1-9-20-14)15-7-3-12(4-8-15)10-16-13-5-6-13/h3-4,7-8,13-14,16-17H,1-2,5-6,9-11H2. The molecule has 1 atom stereocenters. The first-order valence-electron chi connectivity index (χ1n) is 7.57. The van der Waals surface area contributed by atoms with E-state index >= 15 is 0 Å². The van der Waals surface area contributed by atoms with Crippen molar-refractivity contribution in [2.45, 2.75) is 49.3 Å². The fourth-order valence-corrected chi connectivity index (χ4v) is 3.49. The predicted molar refractivity (Wildman–Crippen MR) is 80.5 cm³/mol. The molecule has 2 aliphatic rings. The van der Waals surface area contributed by atoms with Gasteiger partial charge in [0.25, 0.3) is 0 Å². The molecule has 116 valence electrons. The van der Waals surface area contributed by atoms with E-state index < -0.39 is 10.0 Å². The van der Waals surface area contributed by atoms with Crippen LogP contribution in [0.4, 0.5) is 0 Å². The van der Waals surface area contributed by atoms with E-state index in [0.29, 0.717) is 17.5 Å². The summed E-state index contributed by atoms with van der Waals surface area (Å²) in [5.41, 5.74) is 1.11. The Morgan fingerprint density at radius 3 is 2.52 bits per heavy atom. The second-order valence-corrected chi connectivity index (χ2v) is 7.55. The Kier molecular flexibility index (Phi) is 4.59. The zero-order chi connectivity index (χ0) is 14.7. The van der Waals surface area contributed by atoms with E-state index in [0.717, 1.165) is 31.6 Å². The first-order chi connectivity index (χ1) is 10.1. The van der Waals surface area contributed by atoms with Crippen molar-refractivity contribution in [3.05, 3.63) is 29.8 Å². The third-order valence-corrected chi connectivity index (χ3v) is 5.37. The Balaban J connectivity index is 1.55. The second kappa shape index (κ2) is 6.44. The van der Waals surface area contributed by atoms with Crippen molar-refractivity contribution in [1.82, 2.24) is 10.0 Å². The van der Waals surface area contributed by atoms with Crippen molar-refractivity contribution >= 4 is 10.0 Å². The Labute approximate surface area is 126 Å². The minimum absolute atomic E-state index is 0.0155. The number of sulfonamides is 1. The Morgan fingerprint density at radius 2 is 1.90 bits per heavy atom. The summed E-state index contributed by atoms with van der Waals surface area (Å²) in [4.78, 5) is 0.315. The SMILES string of the molecule is O=S(=O)(NCC1CCCO1)c1ccc(CNC2CC2)cc1. The summed E-state index contributed by atoms with van der Waals surface area (Å²) >= 11 is 0. The fourth-order valence-electron chi connectivity index (χ4n) is 2.43. The molecule has 0 radical (unpaired) electrons. The highest BCUT2D eigenvalue weighted by Crippen LogP contribution is 2.19. The molecular formula is C15H22N2O3S. The molecule has 1 saturated carbocycles. The number of ether oxygens (including phenoxy) is 1. The lowest BCUT2D eigenvalue weighted by Crippen LogP contribution is -2.31. The van der Waals surface area contributed by atoms with Gasteiger partial charge in [0.2, 0.25) is 10.0 Å². The Morgan fingerprint density at radius 1 is 1.14 bits per heavy atom. The van der Waals surface area contributed by atoms with E-state index in [1.54, 1.807) is 12.1 Å². The molecule has 1 unspecified atom stereocenters. The molecule has 21 heavy (non-hydrogen) atoms. The average Bonchev–Trinajstić information content (AvgIpc) is 3.17. The number of benzene rings is 1. The van der Waals surface area contributed by atoms with E-state index in [4.69, 9.17) is 4.74 Å². The van der Waals surface area contributed by atoms with Gasteiger partial charge in [0, 0.05) is 25.7 Å². The number of nitrogens with one attached hydrogen (secondary N) is 2. The average molecular weight is 310 g/mol. The third-order valence-electron chi connectivity index (χ3n) is 3.93. The molecule has 2 N–H and O–H groups in total. The van der Waals surface area contributed by atoms with Crippen LogP contribution < -0.4 is 10.0 Å². The van der Waals surface area contributed by atoms with Crippen molar-refractivity contribution in [1.29, 1.82) is 0 Å². The molecule has 1 aromatic carbocycles. The Bertz CT molecular complexity index is 561. The molecule has 2 fully saturated rings. The summed E-state index contributed by atoms with van der Waals surface area (Å²) < 4.78 is 32.4. The summed E-state index contributed by atoms with van der Waals surface area (Å²) in [6.45, 7) is 1.89. The summed E-state index contributed by atoms with van der Waals surface area (Å²) in [6, 6.07) is 7.73. The van der Waals surface area contributed by atoms with Crippen LogP contribution in [-0.2, 0) is 21.3 Å². The van der Waals surface area contributed by atoms with E-state index in [-0.39, 0.29) is 6.10 Å². The van der Waals surface area contributed by atoms with Crippen LogP contribution in [0, 0.1) is 0 Å². The van der Waals surface area contributed by atoms with Gasteiger partial charge >= 0.3 is 0 Å². The molecule has 0 spiro atoms. The summed E-state index contributed by atoms with van der Waals surface area (Å²) in [5, 5.41) is 3.41. The zero-order valence-electron chi connectivity index (χ0n) is 12.0. The van der Waals surface area contributed by atoms with Gasteiger partial charge in [-0.1, -0.05) is 12.1 Å². The van der Waals surface area contributed by atoms with Crippen molar-refractivity contribution in [2.24, 2.45) is 0 Å². The molecular weight excluding hydrogens is 288 g/mol. The van der Waals surface area contributed by atoms with Crippen LogP contribution >= 0.6 is 0 Å². The molecule has 1 aromatic rings. The molecule has 1 aliphatic carbocycles. The molecule has 1 saturated heterocycles. The summed E-state index contributed by atoms with van der Waals surface area (Å²) in [5.74, 6) is 0. The van der Waals surface area contributed by atoms with Gasteiger partial charge < -0.3 is 10.1 Å². The molecule has 3 rings (SSSR count). The minimum Gasteiger partial charge on any atom is -0.377 e. The molecule has 0 amide bonds. The quantitative estimate of drug-likeness (QED) is 0.799. The van der Waals surface area contributed by atoms with Crippen LogP contribution in [0.25, 0.3) is 0 Å². The van der Waals surface area contributed by atoms with Crippen LogP contribution in [0.5, 0.6) is 0 Å². The summed E-state index contributed by atoms with van der Waals surface area (Å²) in [6.07, 6.45) is 4.45. The molecule has 1 heterocycles. The zero-order valence-corrected chi connectivity index (χ0v) is 12.9. The van der Waals surface area contributed by atoms with Crippen LogP contribution in [0.15, 0.2) is 29.2 Å². The van der Waals surface area contributed by atoms with Gasteiger partial charge in [0.15, 0.2) is 0 Å². The first-order valence-corrected chi connectivity index (χ1v) is 9.05. The first kappa shape index (κ1) is 15.0. The monoisotopic (exact) mass is 310 g/mol. The van der Waals surface area contributed by atoms with Gasteiger partial charge in [-0.2, -0.15) is 0 Å². The van der Waals surface area contributed by atoms with E-state index in [9.17, 15) is 8.42 Å². The maximum absolute atomic E-state index is 12.2. The largest absolute Gasteiger partial charge is 0.377 e. The van der Waals surface area contributed by atoms with Crippen molar-refractivity contribution in [3.8, 4) is 0 Å². The predicted octanol–water partition coefficient (Wildman–Crippen LogP) is 1.40. The van der Waals surface area contributed by atoms with E-state index in [1.165, 1.54) is 12.8 Å². The molecule has 5 nitrogen and oxygen atoms in total. The van der Waals surface area contributed by atoms with Crippen LogP contribution in [0.2, 0.25) is 0 Å². The van der Waals surface area contributed by atoms with Crippen molar-refractivity contribution in [3.63, 3.8) is 0 Å². The van der Waals surface area contributed by atoms with Crippen LogP contribution in [0.3, 0.4) is 0 Å².